The average Bonchev–Trinajstić information content (AvgIpc) is 3.11. The molecular weight excluding hydrogens is 320 g/mol. The molecule has 128 valence electrons. The standard InChI is InChI=1S/C18H18N4O3/c1-24-16-4-2-13(3-5-16)17-21-15(12-25-17)8-11-20-18(23)22-14-6-9-19-10-7-14/h2-7,9-10,12H,8,11H2,1H3,(H2,19,20,22,23). The van der Waals surface area contributed by atoms with Gasteiger partial charge in [-0.25, -0.2) is 9.78 Å². The molecular formula is C18H18N4O3. The molecule has 2 N–H and O–H groups in total. The van der Waals surface area contributed by atoms with Crippen LogP contribution in [0.1, 0.15) is 5.69 Å². The zero-order valence-corrected chi connectivity index (χ0v) is 13.7. The van der Waals surface area contributed by atoms with Crippen molar-refractivity contribution in [2.75, 3.05) is 19.0 Å². The monoisotopic (exact) mass is 338 g/mol. The van der Waals surface area contributed by atoms with E-state index in [1.54, 1.807) is 37.9 Å². The van der Waals surface area contributed by atoms with E-state index in [9.17, 15) is 4.79 Å². The molecule has 2 amide bonds. The summed E-state index contributed by atoms with van der Waals surface area (Å²) in [6.45, 7) is 0.450. The summed E-state index contributed by atoms with van der Waals surface area (Å²) in [5.74, 6) is 1.32. The van der Waals surface area contributed by atoms with Crippen LogP contribution in [0.3, 0.4) is 0 Å². The Morgan fingerprint density at radius 1 is 1.16 bits per heavy atom. The molecule has 0 bridgehead atoms. The van der Waals surface area contributed by atoms with E-state index in [-0.39, 0.29) is 6.03 Å². The van der Waals surface area contributed by atoms with Crippen LogP contribution < -0.4 is 15.4 Å². The molecule has 0 spiro atoms. The molecule has 0 atom stereocenters. The molecule has 7 nitrogen and oxygen atoms in total. The summed E-state index contributed by atoms with van der Waals surface area (Å²) >= 11 is 0. The van der Waals surface area contributed by atoms with Crippen LogP contribution in [-0.2, 0) is 6.42 Å². The Morgan fingerprint density at radius 3 is 2.64 bits per heavy atom. The molecule has 0 saturated heterocycles. The lowest BCUT2D eigenvalue weighted by Crippen LogP contribution is -2.30. The Morgan fingerprint density at radius 2 is 1.92 bits per heavy atom. The highest BCUT2D eigenvalue weighted by Crippen LogP contribution is 2.21. The minimum Gasteiger partial charge on any atom is -0.497 e. The third-order valence-corrected chi connectivity index (χ3v) is 3.49. The quantitative estimate of drug-likeness (QED) is 0.721. The summed E-state index contributed by atoms with van der Waals surface area (Å²) in [5.41, 5.74) is 2.33. The lowest BCUT2D eigenvalue weighted by Gasteiger charge is -2.06. The molecule has 2 heterocycles. The van der Waals surface area contributed by atoms with Gasteiger partial charge in [-0.1, -0.05) is 0 Å². The number of nitrogens with zero attached hydrogens (tertiary/aromatic N) is 2. The highest BCUT2D eigenvalue weighted by atomic mass is 16.5. The largest absolute Gasteiger partial charge is 0.497 e. The third-order valence-electron chi connectivity index (χ3n) is 3.49. The van der Waals surface area contributed by atoms with E-state index < -0.39 is 0 Å². The van der Waals surface area contributed by atoms with Gasteiger partial charge in [0.15, 0.2) is 0 Å². The second-order valence-corrected chi connectivity index (χ2v) is 5.24. The van der Waals surface area contributed by atoms with E-state index in [1.807, 2.05) is 24.3 Å². The van der Waals surface area contributed by atoms with Gasteiger partial charge < -0.3 is 19.8 Å². The van der Waals surface area contributed by atoms with Gasteiger partial charge in [0.1, 0.15) is 12.0 Å². The van der Waals surface area contributed by atoms with Crippen LogP contribution in [-0.4, -0.2) is 29.7 Å². The van der Waals surface area contributed by atoms with E-state index in [0.717, 1.165) is 17.0 Å². The molecule has 0 unspecified atom stereocenters. The van der Waals surface area contributed by atoms with Crippen molar-refractivity contribution in [3.05, 3.63) is 60.7 Å². The summed E-state index contributed by atoms with van der Waals surface area (Å²) in [6.07, 6.45) is 5.41. The van der Waals surface area contributed by atoms with E-state index in [0.29, 0.717) is 24.5 Å². The zero-order valence-electron chi connectivity index (χ0n) is 13.7. The molecule has 0 fully saturated rings. The van der Waals surface area contributed by atoms with Crippen molar-refractivity contribution in [3.63, 3.8) is 0 Å². The third kappa shape index (κ3) is 4.57. The second-order valence-electron chi connectivity index (χ2n) is 5.24. The molecule has 0 aliphatic rings. The predicted octanol–water partition coefficient (Wildman–Crippen LogP) is 3.11. The maximum Gasteiger partial charge on any atom is 0.319 e. The fourth-order valence-electron chi connectivity index (χ4n) is 2.20. The summed E-state index contributed by atoms with van der Waals surface area (Å²) in [5, 5.41) is 5.50. The topological polar surface area (TPSA) is 89.3 Å². The van der Waals surface area contributed by atoms with Gasteiger partial charge in [-0.2, -0.15) is 0 Å². The van der Waals surface area contributed by atoms with Crippen molar-refractivity contribution in [3.8, 4) is 17.2 Å². The van der Waals surface area contributed by atoms with Crippen LogP contribution in [0.2, 0.25) is 0 Å². The summed E-state index contributed by atoms with van der Waals surface area (Å²) < 4.78 is 10.6. The first-order valence-electron chi connectivity index (χ1n) is 7.78. The van der Waals surface area contributed by atoms with E-state index in [4.69, 9.17) is 9.15 Å². The molecule has 25 heavy (non-hydrogen) atoms. The average molecular weight is 338 g/mol. The van der Waals surface area contributed by atoms with Crippen molar-refractivity contribution >= 4 is 11.7 Å². The number of amides is 2. The number of anilines is 1. The maximum absolute atomic E-state index is 11.8. The van der Waals surface area contributed by atoms with E-state index in [2.05, 4.69) is 20.6 Å². The smallest absolute Gasteiger partial charge is 0.319 e. The van der Waals surface area contributed by atoms with Crippen LogP contribution in [0, 0.1) is 0 Å². The Bertz CT molecular complexity index is 816. The van der Waals surface area contributed by atoms with Crippen LogP contribution in [0.15, 0.2) is 59.5 Å². The molecule has 0 aliphatic heterocycles. The van der Waals surface area contributed by atoms with Crippen molar-refractivity contribution in [1.29, 1.82) is 0 Å². The van der Waals surface area contributed by atoms with Gasteiger partial charge in [-0.15, -0.1) is 0 Å². The first-order chi connectivity index (χ1) is 12.2. The number of carbonyl (C=O) groups excluding carboxylic acids is 1. The normalized spacial score (nSPS) is 10.3. The highest BCUT2D eigenvalue weighted by Gasteiger charge is 2.08. The number of aromatic nitrogens is 2. The minimum atomic E-state index is -0.273. The lowest BCUT2D eigenvalue weighted by molar-refractivity contribution is 0.252. The van der Waals surface area contributed by atoms with E-state index >= 15 is 0 Å². The van der Waals surface area contributed by atoms with Gasteiger partial charge in [0.2, 0.25) is 5.89 Å². The van der Waals surface area contributed by atoms with Crippen LogP contribution >= 0.6 is 0 Å². The second kappa shape index (κ2) is 7.96. The van der Waals surface area contributed by atoms with Crippen LogP contribution in [0.25, 0.3) is 11.5 Å². The molecule has 7 heteroatoms. The van der Waals surface area contributed by atoms with Crippen molar-refractivity contribution in [1.82, 2.24) is 15.3 Å². The van der Waals surface area contributed by atoms with Crippen LogP contribution in [0.4, 0.5) is 10.5 Å². The van der Waals surface area contributed by atoms with Gasteiger partial charge in [0.25, 0.3) is 0 Å². The first-order valence-corrected chi connectivity index (χ1v) is 7.78. The van der Waals surface area contributed by atoms with Gasteiger partial charge in [0, 0.05) is 36.6 Å². The Balaban J connectivity index is 1.49. The van der Waals surface area contributed by atoms with Crippen molar-refractivity contribution < 1.29 is 13.9 Å². The highest BCUT2D eigenvalue weighted by molar-refractivity contribution is 5.89. The molecule has 3 rings (SSSR count). The Hall–Kier alpha value is -3.35. The molecule has 2 aromatic heterocycles. The number of ether oxygens (including phenoxy) is 1. The zero-order chi connectivity index (χ0) is 17.5. The van der Waals surface area contributed by atoms with E-state index in [1.165, 1.54) is 0 Å². The maximum atomic E-state index is 11.8. The number of hydrogen-bond acceptors (Lipinski definition) is 5. The van der Waals surface area contributed by atoms with Crippen molar-refractivity contribution in [2.45, 2.75) is 6.42 Å². The SMILES string of the molecule is COc1ccc(-c2nc(CCNC(=O)Nc3ccncc3)co2)cc1. The molecule has 0 saturated carbocycles. The minimum absolute atomic E-state index is 0.273. The van der Waals surface area contributed by atoms with Gasteiger partial charge in [-0.3, -0.25) is 4.98 Å². The number of oxazole rings is 1. The molecule has 3 aromatic rings. The fourth-order valence-corrected chi connectivity index (χ4v) is 2.20. The number of pyridine rings is 1. The van der Waals surface area contributed by atoms with Gasteiger partial charge in [0.05, 0.1) is 12.8 Å². The van der Waals surface area contributed by atoms with Gasteiger partial charge in [-0.05, 0) is 36.4 Å². The number of carbonyl (C=O) groups is 1. The number of benzene rings is 1. The van der Waals surface area contributed by atoms with Crippen LogP contribution in [0.5, 0.6) is 5.75 Å². The Kier molecular flexibility index (Phi) is 5.26. The summed E-state index contributed by atoms with van der Waals surface area (Å²) in [7, 11) is 1.62. The number of methoxy groups -OCH3 is 1. The first kappa shape index (κ1) is 16.5. The molecule has 0 aliphatic carbocycles. The lowest BCUT2D eigenvalue weighted by atomic mass is 10.2. The number of nitrogens with one attached hydrogen (secondary N) is 2. The van der Waals surface area contributed by atoms with Gasteiger partial charge >= 0.3 is 6.03 Å². The predicted molar refractivity (Wildman–Crippen MR) is 93.5 cm³/mol. The summed E-state index contributed by atoms with van der Waals surface area (Å²) in [4.78, 5) is 20.1. The summed E-state index contributed by atoms with van der Waals surface area (Å²) in [6, 6.07) is 10.6. The number of urea groups is 1. The molecule has 1 aromatic carbocycles. The van der Waals surface area contributed by atoms with Crippen molar-refractivity contribution in [2.24, 2.45) is 0 Å². The number of hydrogen-bond donors (Lipinski definition) is 2. The number of rotatable bonds is 6. The Labute approximate surface area is 145 Å². The fraction of sp³-hybridized carbons (Fsp3) is 0.167. The molecule has 0 radical (unpaired) electrons.